The first kappa shape index (κ1) is 15.1. The van der Waals surface area contributed by atoms with Crippen LogP contribution in [0.3, 0.4) is 0 Å². The van der Waals surface area contributed by atoms with Gasteiger partial charge in [0.15, 0.2) is 0 Å². The van der Waals surface area contributed by atoms with Gasteiger partial charge in [-0.1, -0.05) is 12.1 Å². The first-order valence-corrected chi connectivity index (χ1v) is 7.55. The molecule has 0 fully saturated rings. The fourth-order valence-corrected chi connectivity index (χ4v) is 2.41. The van der Waals surface area contributed by atoms with E-state index >= 15 is 0 Å². The Morgan fingerprint density at radius 3 is 2.85 bits per heavy atom. The highest BCUT2D eigenvalue weighted by atomic mass is 16.5. The average molecular weight is 274 g/mol. The van der Waals surface area contributed by atoms with Crippen molar-refractivity contribution in [2.45, 2.75) is 39.8 Å². The van der Waals surface area contributed by atoms with Gasteiger partial charge < -0.3 is 14.6 Å². The molecular weight excluding hydrogens is 248 g/mol. The second-order valence-electron chi connectivity index (χ2n) is 5.54. The van der Waals surface area contributed by atoms with E-state index in [1.165, 1.54) is 16.5 Å². The Morgan fingerprint density at radius 1 is 1.20 bits per heavy atom. The second kappa shape index (κ2) is 7.46. The van der Waals surface area contributed by atoms with Crippen LogP contribution in [0, 0.1) is 6.92 Å². The minimum atomic E-state index is 0.337. The fraction of sp³-hybridized carbons (Fsp3) is 0.529. The number of hydrogen-bond acceptors (Lipinski definition) is 2. The van der Waals surface area contributed by atoms with Crippen LogP contribution in [0.4, 0.5) is 0 Å². The molecule has 20 heavy (non-hydrogen) atoms. The summed E-state index contributed by atoms with van der Waals surface area (Å²) in [6, 6.07) is 8.70. The van der Waals surface area contributed by atoms with Crippen molar-refractivity contribution in [2.24, 2.45) is 0 Å². The van der Waals surface area contributed by atoms with Crippen LogP contribution < -0.4 is 5.32 Å². The molecule has 1 aromatic heterocycles. The van der Waals surface area contributed by atoms with Gasteiger partial charge in [0.1, 0.15) is 0 Å². The van der Waals surface area contributed by atoms with Crippen molar-refractivity contribution in [2.75, 3.05) is 19.7 Å². The molecule has 0 amide bonds. The van der Waals surface area contributed by atoms with Gasteiger partial charge in [0.05, 0.1) is 6.10 Å². The average Bonchev–Trinajstić information content (AvgIpc) is 2.82. The summed E-state index contributed by atoms with van der Waals surface area (Å²) in [6.45, 7) is 10.2. The smallest absolute Gasteiger partial charge is 0.0518 e. The lowest BCUT2D eigenvalue weighted by molar-refractivity contribution is 0.0771. The fourth-order valence-electron chi connectivity index (χ4n) is 2.41. The molecule has 3 heteroatoms. The van der Waals surface area contributed by atoms with Crippen LogP contribution in [-0.4, -0.2) is 30.4 Å². The third-order valence-electron chi connectivity index (χ3n) is 3.51. The Bertz CT molecular complexity index is 531. The topological polar surface area (TPSA) is 26.2 Å². The lowest BCUT2D eigenvalue weighted by atomic mass is 10.1. The standard InChI is InChI=1S/C17H26N2O/c1-14(2)20-13-5-9-18-10-12-19-11-8-16-15(3)6-4-7-17(16)19/h4,6-8,11,14,18H,5,9-10,12-13H2,1-3H3. The van der Waals surface area contributed by atoms with Crippen molar-refractivity contribution >= 4 is 10.9 Å². The first-order chi connectivity index (χ1) is 9.68. The van der Waals surface area contributed by atoms with Crippen molar-refractivity contribution in [1.29, 1.82) is 0 Å². The van der Waals surface area contributed by atoms with Gasteiger partial charge >= 0.3 is 0 Å². The molecule has 2 rings (SSSR count). The van der Waals surface area contributed by atoms with Crippen LogP contribution in [0.2, 0.25) is 0 Å². The summed E-state index contributed by atoms with van der Waals surface area (Å²) in [5, 5.41) is 4.83. The molecule has 3 nitrogen and oxygen atoms in total. The van der Waals surface area contributed by atoms with Crippen LogP contribution in [0.15, 0.2) is 30.5 Å². The number of benzene rings is 1. The Labute approximate surface area is 121 Å². The number of aryl methyl sites for hydroxylation is 1. The van der Waals surface area contributed by atoms with Gasteiger partial charge in [-0.05, 0) is 51.4 Å². The Morgan fingerprint density at radius 2 is 2.05 bits per heavy atom. The van der Waals surface area contributed by atoms with E-state index in [1.54, 1.807) is 0 Å². The molecular formula is C17H26N2O. The Hall–Kier alpha value is -1.32. The van der Waals surface area contributed by atoms with Gasteiger partial charge in [0.2, 0.25) is 0 Å². The largest absolute Gasteiger partial charge is 0.379 e. The maximum absolute atomic E-state index is 5.52. The summed E-state index contributed by atoms with van der Waals surface area (Å²) >= 11 is 0. The summed E-state index contributed by atoms with van der Waals surface area (Å²) in [5.41, 5.74) is 2.68. The molecule has 0 aliphatic rings. The van der Waals surface area contributed by atoms with E-state index in [9.17, 15) is 0 Å². The number of aromatic nitrogens is 1. The van der Waals surface area contributed by atoms with Crippen LogP contribution in [-0.2, 0) is 11.3 Å². The van der Waals surface area contributed by atoms with E-state index in [4.69, 9.17) is 4.74 Å². The summed E-state index contributed by atoms with van der Waals surface area (Å²) in [5.74, 6) is 0. The summed E-state index contributed by atoms with van der Waals surface area (Å²) in [7, 11) is 0. The third kappa shape index (κ3) is 4.09. The number of rotatable bonds is 8. The van der Waals surface area contributed by atoms with Crippen molar-refractivity contribution in [3.63, 3.8) is 0 Å². The quantitative estimate of drug-likeness (QED) is 0.747. The van der Waals surface area contributed by atoms with Crippen LogP contribution in [0.5, 0.6) is 0 Å². The molecule has 0 spiro atoms. The van der Waals surface area contributed by atoms with Gasteiger partial charge in [-0.2, -0.15) is 0 Å². The molecule has 1 heterocycles. The normalized spacial score (nSPS) is 11.6. The highest BCUT2D eigenvalue weighted by Crippen LogP contribution is 2.19. The number of ether oxygens (including phenoxy) is 1. The third-order valence-corrected chi connectivity index (χ3v) is 3.51. The molecule has 0 unspecified atom stereocenters. The van der Waals surface area contributed by atoms with Gasteiger partial charge in [0.25, 0.3) is 0 Å². The zero-order chi connectivity index (χ0) is 14.4. The highest BCUT2D eigenvalue weighted by Gasteiger charge is 2.02. The molecule has 1 N–H and O–H groups in total. The highest BCUT2D eigenvalue weighted by molar-refractivity contribution is 5.83. The molecule has 2 aromatic rings. The summed E-state index contributed by atoms with van der Waals surface area (Å²) in [4.78, 5) is 0. The maximum Gasteiger partial charge on any atom is 0.0518 e. The lowest BCUT2D eigenvalue weighted by Crippen LogP contribution is -2.22. The lowest BCUT2D eigenvalue weighted by Gasteiger charge is -2.09. The van der Waals surface area contributed by atoms with Crippen LogP contribution >= 0.6 is 0 Å². The van der Waals surface area contributed by atoms with Crippen molar-refractivity contribution < 1.29 is 4.74 Å². The van der Waals surface area contributed by atoms with E-state index in [0.717, 1.165) is 32.7 Å². The minimum absolute atomic E-state index is 0.337. The first-order valence-electron chi connectivity index (χ1n) is 7.55. The number of fused-ring (bicyclic) bond motifs is 1. The molecule has 0 atom stereocenters. The van der Waals surface area contributed by atoms with Gasteiger partial charge in [-0.15, -0.1) is 0 Å². The zero-order valence-corrected chi connectivity index (χ0v) is 12.9. The van der Waals surface area contributed by atoms with Crippen molar-refractivity contribution in [3.05, 3.63) is 36.0 Å². The molecule has 0 bridgehead atoms. The SMILES string of the molecule is Cc1cccc2c1ccn2CCNCCCOC(C)C. The Balaban J connectivity index is 1.72. The van der Waals surface area contributed by atoms with Gasteiger partial charge in [-0.25, -0.2) is 0 Å². The molecule has 0 saturated heterocycles. The second-order valence-corrected chi connectivity index (χ2v) is 5.54. The minimum Gasteiger partial charge on any atom is -0.379 e. The van der Waals surface area contributed by atoms with Gasteiger partial charge in [0, 0.05) is 36.8 Å². The molecule has 0 saturated carbocycles. The predicted octanol–water partition coefficient (Wildman–Crippen LogP) is 3.35. The molecule has 0 aliphatic carbocycles. The number of nitrogens with zero attached hydrogens (tertiary/aromatic N) is 1. The van der Waals surface area contributed by atoms with Gasteiger partial charge in [-0.3, -0.25) is 0 Å². The van der Waals surface area contributed by atoms with Crippen LogP contribution in [0.1, 0.15) is 25.8 Å². The molecule has 0 radical (unpaired) electrons. The zero-order valence-electron chi connectivity index (χ0n) is 12.9. The van der Waals surface area contributed by atoms with Crippen molar-refractivity contribution in [1.82, 2.24) is 9.88 Å². The van der Waals surface area contributed by atoms with E-state index in [2.05, 4.69) is 61.1 Å². The van der Waals surface area contributed by atoms with Crippen LogP contribution in [0.25, 0.3) is 10.9 Å². The van der Waals surface area contributed by atoms with E-state index in [-0.39, 0.29) is 0 Å². The van der Waals surface area contributed by atoms with E-state index < -0.39 is 0 Å². The van der Waals surface area contributed by atoms with Crippen molar-refractivity contribution in [3.8, 4) is 0 Å². The molecule has 110 valence electrons. The predicted molar refractivity (Wildman–Crippen MR) is 85.2 cm³/mol. The monoisotopic (exact) mass is 274 g/mol. The molecule has 1 aromatic carbocycles. The molecule has 0 aliphatic heterocycles. The van der Waals surface area contributed by atoms with E-state index in [0.29, 0.717) is 6.10 Å². The van der Waals surface area contributed by atoms with E-state index in [1.807, 2.05) is 0 Å². The summed E-state index contributed by atoms with van der Waals surface area (Å²) in [6.07, 6.45) is 3.59. The number of nitrogens with one attached hydrogen (secondary N) is 1. The maximum atomic E-state index is 5.52. The Kier molecular flexibility index (Phi) is 5.62. The number of hydrogen-bond donors (Lipinski definition) is 1. The summed E-state index contributed by atoms with van der Waals surface area (Å²) < 4.78 is 7.84.